The maximum Gasteiger partial charge on any atom is 0.490 e. The van der Waals surface area contributed by atoms with Crippen LogP contribution in [0, 0.1) is 0 Å². The number of halogens is 3. The molecule has 0 saturated carbocycles. The number of aliphatic carboxylic acids is 2. The van der Waals surface area contributed by atoms with Crippen molar-refractivity contribution in [3.8, 4) is 0 Å². The molecular weight excluding hydrogens is 381 g/mol. The summed E-state index contributed by atoms with van der Waals surface area (Å²) in [6, 6.07) is -0.613. The number of nitrogens with two attached hydrogens (primary N) is 1. The molecule has 11 nitrogen and oxygen atoms in total. The van der Waals surface area contributed by atoms with Crippen molar-refractivity contribution in [3.05, 3.63) is 0 Å². The molecule has 0 spiro atoms. The van der Waals surface area contributed by atoms with Gasteiger partial charge in [-0.3, -0.25) is 19.2 Å². The molecule has 3 amide bonds. The van der Waals surface area contributed by atoms with Gasteiger partial charge < -0.3 is 31.5 Å². The quantitative estimate of drug-likeness (QED) is 0.336. The molecule has 0 unspecified atom stereocenters. The summed E-state index contributed by atoms with van der Waals surface area (Å²) in [5.74, 6) is -5.27. The summed E-state index contributed by atoms with van der Waals surface area (Å²) < 4.78 is 31.7. The summed E-state index contributed by atoms with van der Waals surface area (Å²) in [4.78, 5) is 55.2. The highest BCUT2D eigenvalue weighted by molar-refractivity contribution is 5.91. The van der Waals surface area contributed by atoms with Gasteiger partial charge in [-0.25, -0.2) is 4.79 Å². The summed E-state index contributed by atoms with van der Waals surface area (Å²) in [7, 11) is 0. The van der Waals surface area contributed by atoms with Crippen LogP contribution >= 0.6 is 0 Å². The molecule has 1 rings (SSSR count). The summed E-state index contributed by atoms with van der Waals surface area (Å²) in [6.45, 7) is -0.522. The fourth-order valence-electron chi connectivity index (χ4n) is 1.98. The van der Waals surface area contributed by atoms with Crippen LogP contribution in [-0.2, 0) is 24.0 Å². The van der Waals surface area contributed by atoms with Crippen molar-refractivity contribution < 1.29 is 47.4 Å². The lowest BCUT2D eigenvalue weighted by Crippen LogP contribution is -2.49. The Morgan fingerprint density at radius 1 is 1.07 bits per heavy atom. The number of alkyl halides is 3. The fourth-order valence-corrected chi connectivity index (χ4v) is 1.98. The van der Waals surface area contributed by atoms with E-state index in [4.69, 9.17) is 20.7 Å². The number of carbonyl (C=O) groups excluding carboxylic acids is 3. The van der Waals surface area contributed by atoms with E-state index in [-0.39, 0.29) is 19.0 Å². The smallest absolute Gasteiger partial charge is 0.480 e. The van der Waals surface area contributed by atoms with Crippen LogP contribution in [0.2, 0.25) is 0 Å². The molecule has 1 aliphatic heterocycles. The summed E-state index contributed by atoms with van der Waals surface area (Å²) in [5, 5.41) is 20.0. The van der Waals surface area contributed by atoms with Gasteiger partial charge >= 0.3 is 18.1 Å². The zero-order valence-electron chi connectivity index (χ0n) is 13.9. The van der Waals surface area contributed by atoms with Gasteiger partial charge in [0.15, 0.2) is 0 Å². The standard InChI is InChI=1S/C11H18N4O5.C2HF3O2/c12-4-9(17)15-3-1-2-7(15)11(20)14-5-8(16)13-6-10(18)19;3-2(4,5)1(6)7/h7H,1-6,12H2,(H,13,16)(H,14,20)(H,18,19);(H,6,7)/t7-;/m0./s1. The lowest BCUT2D eigenvalue weighted by Gasteiger charge is -2.23. The number of nitrogens with zero attached hydrogens (tertiary/aromatic N) is 1. The van der Waals surface area contributed by atoms with E-state index >= 15 is 0 Å². The molecule has 1 saturated heterocycles. The van der Waals surface area contributed by atoms with Gasteiger partial charge in [-0.1, -0.05) is 0 Å². The Labute approximate surface area is 150 Å². The second-order valence-corrected chi connectivity index (χ2v) is 5.14. The van der Waals surface area contributed by atoms with Crippen LogP contribution in [0.15, 0.2) is 0 Å². The molecule has 6 N–H and O–H groups in total. The Kier molecular flexibility index (Phi) is 9.77. The van der Waals surface area contributed by atoms with Crippen molar-refractivity contribution in [2.45, 2.75) is 25.1 Å². The summed E-state index contributed by atoms with van der Waals surface area (Å²) >= 11 is 0. The van der Waals surface area contributed by atoms with Crippen molar-refractivity contribution in [3.63, 3.8) is 0 Å². The number of carbonyl (C=O) groups is 5. The predicted octanol–water partition coefficient (Wildman–Crippen LogP) is -2.11. The van der Waals surface area contributed by atoms with Gasteiger partial charge in [0.05, 0.1) is 13.1 Å². The van der Waals surface area contributed by atoms with Crippen molar-refractivity contribution in [1.82, 2.24) is 15.5 Å². The maximum absolute atomic E-state index is 11.9. The average molecular weight is 400 g/mol. The molecule has 0 aromatic heterocycles. The Hall–Kier alpha value is -2.90. The molecule has 1 fully saturated rings. The minimum atomic E-state index is -5.08. The average Bonchev–Trinajstić information content (AvgIpc) is 3.06. The van der Waals surface area contributed by atoms with Gasteiger partial charge in [-0.15, -0.1) is 0 Å². The van der Waals surface area contributed by atoms with Gasteiger partial charge in [0.1, 0.15) is 12.6 Å². The Morgan fingerprint density at radius 3 is 2.07 bits per heavy atom. The number of hydrogen-bond donors (Lipinski definition) is 5. The number of carboxylic acid groups (broad SMARTS) is 2. The molecule has 0 aromatic rings. The second-order valence-electron chi connectivity index (χ2n) is 5.14. The lowest BCUT2D eigenvalue weighted by atomic mass is 10.2. The van der Waals surface area contributed by atoms with E-state index in [0.29, 0.717) is 19.4 Å². The maximum atomic E-state index is 11.9. The van der Waals surface area contributed by atoms with Gasteiger partial charge in [-0.2, -0.15) is 13.2 Å². The third-order valence-corrected chi connectivity index (χ3v) is 3.15. The predicted molar refractivity (Wildman–Crippen MR) is 81.1 cm³/mol. The van der Waals surface area contributed by atoms with E-state index in [1.54, 1.807) is 0 Å². The number of carboxylic acids is 2. The first-order valence-electron chi connectivity index (χ1n) is 7.46. The lowest BCUT2D eigenvalue weighted by molar-refractivity contribution is -0.192. The van der Waals surface area contributed by atoms with Crippen molar-refractivity contribution in [2.24, 2.45) is 5.73 Å². The van der Waals surface area contributed by atoms with Crippen LogP contribution in [-0.4, -0.2) is 83.2 Å². The molecule has 154 valence electrons. The topological polar surface area (TPSA) is 179 Å². The molecule has 14 heteroatoms. The summed E-state index contributed by atoms with van der Waals surface area (Å²) in [6.07, 6.45) is -3.86. The van der Waals surface area contributed by atoms with E-state index in [1.807, 2.05) is 0 Å². The first kappa shape index (κ1) is 24.1. The van der Waals surface area contributed by atoms with E-state index in [0.717, 1.165) is 0 Å². The third kappa shape index (κ3) is 9.39. The Bertz CT molecular complexity index is 583. The van der Waals surface area contributed by atoms with Gasteiger partial charge in [-0.05, 0) is 12.8 Å². The van der Waals surface area contributed by atoms with Gasteiger partial charge in [0, 0.05) is 6.54 Å². The zero-order valence-corrected chi connectivity index (χ0v) is 13.9. The van der Waals surface area contributed by atoms with E-state index < -0.39 is 42.5 Å². The molecule has 0 aliphatic carbocycles. The molecule has 1 aliphatic rings. The number of nitrogens with one attached hydrogen (secondary N) is 2. The van der Waals surface area contributed by atoms with Crippen molar-refractivity contribution in [2.75, 3.05) is 26.2 Å². The zero-order chi connectivity index (χ0) is 21.2. The normalized spacial score (nSPS) is 16.0. The minimum Gasteiger partial charge on any atom is -0.480 e. The highest BCUT2D eigenvalue weighted by Gasteiger charge is 2.38. The molecule has 0 bridgehead atoms. The molecule has 1 atom stereocenters. The van der Waals surface area contributed by atoms with Crippen LogP contribution in [0.5, 0.6) is 0 Å². The van der Waals surface area contributed by atoms with Crippen LogP contribution < -0.4 is 16.4 Å². The Balaban J connectivity index is 0.000000821. The van der Waals surface area contributed by atoms with Crippen LogP contribution in [0.4, 0.5) is 13.2 Å². The van der Waals surface area contributed by atoms with Crippen molar-refractivity contribution >= 4 is 29.7 Å². The van der Waals surface area contributed by atoms with E-state index in [9.17, 15) is 32.3 Å². The highest BCUT2D eigenvalue weighted by Crippen LogP contribution is 2.17. The van der Waals surface area contributed by atoms with Crippen LogP contribution in [0.25, 0.3) is 0 Å². The first-order valence-corrected chi connectivity index (χ1v) is 7.46. The fraction of sp³-hybridized carbons (Fsp3) is 0.615. The number of amides is 3. The number of hydrogen-bond acceptors (Lipinski definition) is 6. The third-order valence-electron chi connectivity index (χ3n) is 3.15. The van der Waals surface area contributed by atoms with E-state index in [1.165, 1.54) is 4.90 Å². The molecule has 27 heavy (non-hydrogen) atoms. The van der Waals surface area contributed by atoms with Gasteiger partial charge in [0.2, 0.25) is 17.7 Å². The van der Waals surface area contributed by atoms with Gasteiger partial charge in [0.25, 0.3) is 0 Å². The van der Waals surface area contributed by atoms with E-state index in [2.05, 4.69) is 10.6 Å². The minimum absolute atomic E-state index is 0.164. The van der Waals surface area contributed by atoms with Crippen LogP contribution in [0.3, 0.4) is 0 Å². The number of rotatable bonds is 6. The first-order chi connectivity index (χ1) is 12.4. The number of likely N-dealkylation sites (tertiary alicyclic amines) is 1. The monoisotopic (exact) mass is 400 g/mol. The SMILES string of the molecule is NCC(=O)N1CCC[C@H]1C(=O)NCC(=O)NCC(=O)O.O=C(O)C(F)(F)F. The summed E-state index contributed by atoms with van der Waals surface area (Å²) in [5.41, 5.74) is 5.26. The highest BCUT2D eigenvalue weighted by atomic mass is 19.4. The second kappa shape index (κ2) is 10.9. The largest absolute Gasteiger partial charge is 0.490 e. The molecule has 0 aromatic carbocycles. The van der Waals surface area contributed by atoms with Crippen molar-refractivity contribution in [1.29, 1.82) is 0 Å². The van der Waals surface area contributed by atoms with Crippen LogP contribution in [0.1, 0.15) is 12.8 Å². The Morgan fingerprint density at radius 2 is 1.63 bits per heavy atom. The molecule has 0 radical (unpaired) electrons. The molecular formula is C13H19F3N4O7. The molecule has 1 heterocycles.